The lowest BCUT2D eigenvalue weighted by atomic mass is 10.2. The zero-order chi connectivity index (χ0) is 14.4. The number of aromatic amines is 1. The second-order valence-corrected chi connectivity index (χ2v) is 5.26. The molecule has 2 aromatic rings. The van der Waals surface area contributed by atoms with E-state index in [1.807, 2.05) is 18.2 Å². The van der Waals surface area contributed by atoms with Crippen molar-refractivity contribution in [3.05, 3.63) is 40.3 Å². The van der Waals surface area contributed by atoms with Crippen molar-refractivity contribution < 1.29 is 4.74 Å². The van der Waals surface area contributed by atoms with Crippen molar-refractivity contribution in [2.45, 2.75) is 16.6 Å². The molecular weight excluding hydrogens is 276 g/mol. The first-order chi connectivity index (χ1) is 9.72. The molecule has 0 aliphatic rings. The Morgan fingerprint density at radius 1 is 1.45 bits per heavy atom. The van der Waals surface area contributed by atoms with Gasteiger partial charge in [-0.1, -0.05) is 18.2 Å². The van der Waals surface area contributed by atoms with Gasteiger partial charge in [-0.15, -0.1) is 5.10 Å². The fourth-order valence-electron chi connectivity index (χ4n) is 1.67. The predicted octanol–water partition coefficient (Wildman–Crippen LogP) is 0.996. The molecule has 1 aromatic carbocycles. The van der Waals surface area contributed by atoms with Gasteiger partial charge in [0, 0.05) is 32.1 Å². The summed E-state index contributed by atoms with van der Waals surface area (Å²) in [5.41, 5.74) is 0.965. The largest absolute Gasteiger partial charge is 0.383 e. The lowest BCUT2D eigenvalue weighted by Gasteiger charge is -2.09. The van der Waals surface area contributed by atoms with Crippen LogP contribution in [0.3, 0.4) is 0 Å². The highest BCUT2D eigenvalue weighted by Crippen LogP contribution is 2.27. The Bertz CT molecular complexity index is 608. The lowest BCUT2D eigenvalue weighted by molar-refractivity contribution is 0.199. The van der Waals surface area contributed by atoms with Crippen LogP contribution in [0.25, 0.3) is 0 Å². The number of aromatic nitrogens is 3. The molecule has 0 saturated heterocycles. The quantitative estimate of drug-likeness (QED) is 0.745. The van der Waals surface area contributed by atoms with E-state index < -0.39 is 0 Å². The molecule has 2 N–H and O–H groups in total. The van der Waals surface area contributed by atoms with Gasteiger partial charge in [-0.2, -0.15) is 0 Å². The number of benzene rings is 1. The zero-order valence-electron chi connectivity index (χ0n) is 11.5. The number of nitrogens with one attached hydrogen (secondary N) is 2. The van der Waals surface area contributed by atoms with Crippen LogP contribution in [-0.2, 0) is 18.3 Å². The molecule has 108 valence electrons. The Hall–Kier alpha value is -1.57. The van der Waals surface area contributed by atoms with Crippen molar-refractivity contribution in [3.63, 3.8) is 0 Å². The lowest BCUT2D eigenvalue weighted by Crippen LogP contribution is -2.18. The maximum atomic E-state index is 11.4. The zero-order valence-corrected chi connectivity index (χ0v) is 12.4. The van der Waals surface area contributed by atoms with E-state index in [2.05, 4.69) is 21.6 Å². The SMILES string of the molecule is COCCNCc1ccccc1Sc1n[nH]c(=O)n1C. The minimum absolute atomic E-state index is 0.205. The van der Waals surface area contributed by atoms with Crippen LogP contribution in [0, 0.1) is 0 Å². The van der Waals surface area contributed by atoms with Gasteiger partial charge in [-0.3, -0.25) is 4.57 Å². The molecule has 0 amide bonds. The molecule has 0 fully saturated rings. The minimum Gasteiger partial charge on any atom is -0.383 e. The molecule has 7 heteroatoms. The third-order valence-electron chi connectivity index (χ3n) is 2.81. The molecule has 0 bridgehead atoms. The molecule has 0 atom stereocenters. The third kappa shape index (κ3) is 3.72. The van der Waals surface area contributed by atoms with E-state index in [0.29, 0.717) is 11.8 Å². The summed E-state index contributed by atoms with van der Waals surface area (Å²) >= 11 is 1.47. The second-order valence-electron chi connectivity index (χ2n) is 4.25. The summed E-state index contributed by atoms with van der Waals surface area (Å²) in [5, 5.41) is 10.4. The molecule has 20 heavy (non-hydrogen) atoms. The van der Waals surface area contributed by atoms with Gasteiger partial charge in [0.1, 0.15) is 0 Å². The Kier molecular flexibility index (Phi) is 5.40. The summed E-state index contributed by atoms with van der Waals surface area (Å²) in [6.45, 7) is 2.24. The molecule has 0 spiro atoms. The van der Waals surface area contributed by atoms with E-state index >= 15 is 0 Å². The molecule has 0 unspecified atom stereocenters. The monoisotopic (exact) mass is 294 g/mol. The highest BCUT2D eigenvalue weighted by molar-refractivity contribution is 7.99. The first-order valence-electron chi connectivity index (χ1n) is 6.29. The highest BCUT2D eigenvalue weighted by atomic mass is 32.2. The van der Waals surface area contributed by atoms with Crippen LogP contribution in [-0.4, -0.2) is 35.0 Å². The normalized spacial score (nSPS) is 10.9. The van der Waals surface area contributed by atoms with Crippen molar-refractivity contribution in [1.29, 1.82) is 0 Å². The summed E-state index contributed by atoms with van der Waals surface area (Å²) in [5.74, 6) is 0. The van der Waals surface area contributed by atoms with E-state index in [9.17, 15) is 4.79 Å². The number of rotatable bonds is 7. The van der Waals surface area contributed by atoms with Crippen LogP contribution >= 0.6 is 11.8 Å². The van der Waals surface area contributed by atoms with Gasteiger partial charge in [-0.25, -0.2) is 9.89 Å². The van der Waals surface area contributed by atoms with Crippen LogP contribution in [0.2, 0.25) is 0 Å². The van der Waals surface area contributed by atoms with Gasteiger partial charge in [0.25, 0.3) is 0 Å². The Labute approximate surface area is 121 Å². The Balaban J connectivity index is 2.07. The van der Waals surface area contributed by atoms with Crippen LogP contribution in [0.1, 0.15) is 5.56 Å². The van der Waals surface area contributed by atoms with Crippen LogP contribution in [0.4, 0.5) is 0 Å². The predicted molar refractivity (Wildman–Crippen MR) is 78.0 cm³/mol. The first-order valence-corrected chi connectivity index (χ1v) is 7.11. The van der Waals surface area contributed by atoms with Gasteiger partial charge in [-0.05, 0) is 23.4 Å². The summed E-state index contributed by atoms with van der Waals surface area (Å²) in [6, 6.07) is 8.07. The van der Waals surface area contributed by atoms with Gasteiger partial charge < -0.3 is 10.1 Å². The van der Waals surface area contributed by atoms with Crippen molar-refractivity contribution in [2.75, 3.05) is 20.3 Å². The summed E-state index contributed by atoms with van der Waals surface area (Å²) in [6.07, 6.45) is 0. The van der Waals surface area contributed by atoms with E-state index in [4.69, 9.17) is 4.74 Å². The molecule has 6 nitrogen and oxygen atoms in total. The Morgan fingerprint density at radius 2 is 2.25 bits per heavy atom. The standard InChI is InChI=1S/C13H18N4O2S/c1-17-12(18)15-16-13(17)20-11-6-4-3-5-10(11)9-14-7-8-19-2/h3-6,14H,7-9H2,1-2H3,(H,15,18). The molecule has 0 radical (unpaired) electrons. The molecule has 1 aromatic heterocycles. The van der Waals surface area contributed by atoms with E-state index in [1.165, 1.54) is 21.9 Å². The molecular formula is C13H18N4O2S. The average molecular weight is 294 g/mol. The smallest absolute Gasteiger partial charge is 0.343 e. The summed E-state index contributed by atoms with van der Waals surface area (Å²) in [4.78, 5) is 12.4. The van der Waals surface area contributed by atoms with Crippen molar-refractivity contribution in [3.8, 4) is 0 Å². The van der Waals surface area contributed by atoms with Crippen LogP contribution in [0.15, 0.2) is 39.1 Å². The molecule has 0 saturated carbocycles. The number of H-pyrrole nitrogens is 1. The maximum Gasteiger partial charge on any atom is 0.343 e. The number of ether oxygens (including phenoxy) is 1. The molecule has 2 rings (SSSR count). The van der Waals surface area contributed by atoms with Gasteiger partial charge in [0.2, 0.25) is 0 Å². The molecule has 0 aliphatic heterocycles. The van der Waals surface area contributed by atoms with Crippen molar-refractivity contribution in [2.24, 2.45) is 7.05 Å². The second kappa shape index (κ2) is 7.28. The van der Waals surface area contributed by atoms with E-state index in [1.54, 1.807) is 14.2 Å². The summed E-state index contributed by atoms with van der Waals surface area (Å²) in [7, 11) is 3.39. The Morgan fingerprint density at radius 3 is 2.95 bits per heavy atom. The number of hydrogen-bond acceptors (Lipinski definition) is 5. The highest BCUT2D eigenvalue weighted by Gasteiger charge is 2.09. The van der Waals surface area contributed by atoms with Crippen LogP contribution in [0.5, 0.6) is 0 Å². The minimum atomic E-state index is -0.205. The van der Waals surface area contributed by atoms with E-state index in [-0.39, 0.29) is 5.69 Å². The number of hydrogen-bond donors (Lipinski definition) is 2. The molecule has 0 aliphatic carbocycles. The van der Waals surface area contributed by atoms with Gasteiger partial charge in [0.15, 0.2) is 5.16 Å². The van der Waals surface area contributed by atoms with Crippen LogP contribution < -0.4 is 11.0 Å². The fraction of sp³-hybridized carbons (Fsp3) is 0.385. The van der Waals surface area contributed by atoms with Crippen molar-refractivity contribution in [1.82, 2.24) is 20.1 Å². The van der Waals surface area contributed by atoms with Gasteiger partial charge in [0.05, 0.1) is 6.61 Å². The fourth-order valence-corrected chi connectivity index (χ4v) is 2.59. The number of methoxy groups -OCH3 is 1. The van der Waals surface area contributed by atoms with Crippen molar-refractivity contribution >= 4 is 11.8 Å². The average Bonchev–Trinajstić information content (AvgIpc) is 2.77. The summed E-state index contributed by atoms with van der Waals surface area (Å²) < 4.78 is 6.50. The van der Waals surface area contributed by atoms with E-state index in [0.717, 1.165) is 18.0 Å². The maximum absolute atomic E-state index is 11.4. The topological polar surface area (TPSA) is 71.9 Å². The first kappa shape index (κ1) is 14.8. The van der Waals surface area contributed by atoms with Gasteiger partial charge >= 0.3 is 5.69 Å². The third-order valence-corrected chi connectivity index (χ3v) is 3.98. The molecule has 1 heterocycles. The number of nitrogens with zero attached hydrogens (tertiary/aromatic N) is 2.